The summed E-state index contributed by atoms with van der Waals surface area (Å²) < 4.78 is 24.2. The smallest absolute Gasteiger partial charge is 0.178 e. The van der Waals surface area contributed by atoms with Crippen molar-refractivity contribution >= 4 is 9.84 Å². The zero-order valence-corrected chi connectivity index (χ0v) is 12.0. The summed E-state index contributed by atoms with van der Waals surface area (Å²) in [5, 5.41) is 3.46. The molecule has 0 radical (unpaired) electrons. The second-order valence-electron chi connectivity index (χ2n) is 5.06. The second kappa shape index (κ2) is 5.03. The maximum atomic E-state index is 12.1. The van der Waals surface area contributed by atoms with Crippen molar-refractivity contribution < 1.29 is 8.42 Å². The van der Waals surface area contributed by atoms with E-state index < -0.39 is 9.84 Å². The monoisotopic (exact) mass is 291 g/mol. The van der Waals surface area contributed by atoms with Gasteiger partial charge in [0, 0.05) is 18.4 Å². The van der Waals surface area contributed by atoms with Crippen LogP contribution in [0.2, 0.25) is 0 Å². The molecule has 1 aromatic heterocycles. The van der Waals surface area contributed by atoms with Gasteiger partial charge < -0.3 is 10.3 Å². The Morgan fingerprint density at radius 1 is 1.40 bits per heavy atom. The van der Waals surface area contributed by atoms with Gasteiger partial charge in [-0.2, -0.15) is 0 Å². The molecule has 2 N–H and O–H groups in total. The van der Waals surface area contributed by atoms with Gasteiger partial charge in [0.05, 0.1) is 16.7 Å². The van der Waals surface area contributed by atoms with Crippen LogP contribution in [-0.2, 0) is 9.84 Å². The molecule has 2 atom stereocenters. The van der Waals surface area contributed by atoms with Crippen LogP contribution in [0.4, 0.5) is 0 Å². The number of hydrogen-bond acceptors (Lipinski definition) is 4. The molecule has 0 aliphatic carbocycles. The number of benzene rings is 1. The van der Waals surface area contributed by atoms with Crippen LogP contribution in [0.15, 0.2) is 41.6 Å². The third-order valence-corrected chi connectivity index (χ3v) is 5.50. The third kappa shape index (κ3) is 2.36. The van der Waals surface area contributed by atoms with E-state index in [0.29, 0.717) is 11.3 Å². The summed E-state index contributed by atoms with van der Waals surface area (Å²) in [6.07, 6.45) is 4.09. The van der Waals surface area contributed by atoms with Gasteiger partial charge in [0.15, 0.2) is 9.84 Å². The summed E-state index contributed by atoms with van der Waals surface area (Å²) in [7, 11) is -3.13. The molecule has 3 rings (SSSR count). The van der Waals surface area contributed by atoms with E-state index in [1.165, 1.54) is 0 Å². The molecule has 20 heavy (non-hydrogen) atoms. The number of aromatic nitrogens is 2. The Morgan fingerprint density at radius 2 is 2.20 bits per heavy atom. The molecule has 0 amide bonds. The Morgan fingerprint density at radius 3 is 2.95 bits per heavy atom. The highest BCUT2D eigenvalue weighted by atomic mass is 32.2. The fourth-order valence-electron chi connectivity index (χ4n) is 2.66. The van der Waals surface area contributed by atoms with Crippen molar-refractivity contribution in [3.8, 4) is 0 Å². The summed E-state index contributed by atoms with van der Waals surface area (Å²) in [5.41, 5.74) is 0.858. The molecule has 0 bridgehead atoms. The molecule has 2 heterocycles. The first-order valence-electron chi connectivity index (χ1n) is 6.65. The molecular weight excluding hydrogens is 274 g/mol. The van der Waals surface area contributed by atoms with Crippen LogP contribution in [0, 0.1) is 0 Å². The average Bonchev–Trinajstić information content (AvgIpc) is 2.96. The molecule has 6 heteroatoms. The van der Waals surface area contributed by atoms with Gasteiger partial charge in [0.25, 0.3) is 0 Å². The molecule has 1 aliphatic rings. The first-order chi connectivity index (χ1) is 9.58. The topological polar surface area (TPSA) is 74.8 Å². The number of nitrogens with one attached hydrogen (secondary N) is 2. The first kappa shape index (κ1) is 13.3. The molecule has 1 aromatic carbocycles. The predicted molar refractivity (Wildman–Crippen MR) is 76.0 cm³/mol. The Bertz CT molecular complexity index is 695. The Labute approximate surface area is 118 Å². The number of imidazole rings is 1. The minimum atomic E-state index is -3.13. The van der Waals surface area contributed by atoms with Crippen molar-refractivity contribution in [2.45, 2.75) is 30.3 Å². The number of nitrogens with zero attached hydrogens (tertiary/aromatic N) is 1. The van der Waals surface area contributed by atoms with Gasteiger partial charge in [-0.25, -0.2) is 13.4 Å². The molecule has 0 saturated carbocycles. The molecule has 2 aromatic rings. The molecule has 2 unspecified atom stereocenters. The van der Waals surface area contributed by atoms with Gasteiger partial charge in [-0.05, 0) is 25.0 Å². The van der Waals surface area contributed by atoms with Crippen molar-refractivity contribution in [3.63, 3.8) is 0 Å². The number of aromatic amines is 1. The lowest BCUT2D eigenvalue weighted by Crippen LogP contribution is -2.31. The number of hydrogen-bond donors (Lipinski definition) is 2. The van der Waals surface area contributed by atoms with Crippen molar-refractivity contribution in [3.05, 3.63) is 48.0 Å². The third-order valence-electron chi connectivity index (χ3n) is 3.69. The normalized spacial score (nSPS) is 22.1. The highest BCUT2D eigenvalue weighted by molar-refractivity contribution is 7.91. The Kier molecular flexibility index (Phi) is 3.35. The summed E-state index contributed by atoms with van der Waals surface area (Å²) >= 11 is 0. The average molecular weight is 291 g/mol. The van der Waals surface area contributed by atoms with Crippen molar-refractivity contribution in [2.75, 3.05) is 5.75 Å². The van der Waals surface area contributed by atoms with Crippen molar-refractivity contribution in [2.24, 2.45) is 0 Å². The number of fused-ring (bicyclic) bond motifs is 1. The fraction of sp³-hybridized carbons (Fsp3) is 0.357. The van der Waals surface area contributed by atoms with Crippen LogP contribution < -0.4 is 5.32 Å². The van der Waals surface area contributed by atoms with Crippen LogP contribution in [0.5, 0.6) is 0 Å². The van der Waals surface area contributed by atoms with E-state index in [1.807, 2.05) is 19.1 Å². The lowest BCUT2D eigenvalue weighted by molar-refractivity contribution is 0.431. The van der Waals surface area contributed by atoms with Crippen molar-refractivity contribution in [1.29, 1.82) is 0 Å². The molecule has 106 valence electrons. The van der Waals surface area contributed by atoms with Gasteiger partial charge in [-0.1, -0.05) is 18.2 Å². The lowest BCUT2D eigenvalue weighted by atomic mass is 10.0. The summed E-state index contributed by atoms with van der Waals surface area (Å²) in [6, 6.07) is 7.31. The maximum absolute atomic E-state index is 12.1. The van der Waals surface area contributed by atoms with E-state index in [0.717, 1.165) is 11.4 Å². The molecule has 0 spiro atoms. The lowest BCUT2D eigenvalue weighted by Gasteiger charge is -2.28. The minimum Gasteiger partial charge on any atom is -0.347 e. The maximum Gasteiger partial charge on any atom is 0.178 e. The molecule has 0 saturated heterocycles. The first-order valence-corrected chi connectivity index (χ1v) is 8.30. The van der Waals surface area contributed by atoms with E-state index in [4.69, 9.17) is 0 Å². The minimum absolute atomic E-state index is 0.0369. The van der Waals surface area contributed by atoms with E-state index in [2.05, 4.69) is 15.3 Å². The largest absolute Gasteiger partial charge is 0.347 e. The highest BCUT2D eigenvalue weighted by Crippen LogP contribution is 2.33. The van der Waals surface area contributed by atoms with E-state index in [1.54, 1.807) is 24.5 Å². The van der Waals surface area contributed by atoms with Gasteiger partial charge in [-0.3, -0.25) is 0 Å². The van der Waals surface area contributed by atoms with Gasteiger partial charge in [0.2, 0.25) is 0 Å². The SMILES string of the molecule is CC(NC1CCS(=O)(=O)c2ccccc21)c1ncc[nH]1. The Balaban J connectivity index is 1.89. The quantitative estimate of drug-likeness (QED) is 0.906. The zero-order chi connectivity index (χ0) is 14.2. The van der Waals surface area contributed by atoms with Crippen LogP contribution in [0.1, 0.15) is 36.8 Å². The molecule has 1 aliphatic heterocycles. The van der Waals surface area contributed by atoms with Gasteiger partial charge in [-0.15, -0.1) is 0 Å². The van der Waals surface area contributed by atoms with Crippen LogP contribution >= 0.6 is 0 Å². The second-order valence-corrected chi connectivity index (χ2v) is 7.14. The number of rotatable bonds is 3. The van der Waals surface area contributed by atoms with Crippen LogP contribution in [-0.4, -0.2) is 24.1 Å². The highest BCUT2D eigenvalue weighted by Gasteiger charge is 2.30. The number of sulfone groups is 1. The van der Waals surface area contributed by atoms with Gasteiger partial charge >= 0.3 is 0 Å². The van der Waals surface area contributed by atoms with Gasteiger partial charge in [0.1, 0.15) is 5.82 Å². The fourth-order valence-corrected chi connectivity index (χ4v) is 4.28. The Hall–Kier alpha value is -1.66. The number of H-pyrrole nitrogens is 1. The summed E-state index contributed by atoms with van der Waals surface area (Å²) in [4.78, 5) is 7.76. The van der Waals surface area contributed by atoms with E-state index >= 15 is 0 Å². The molecule has 5 nitrogen and oxygen atoms in total. The van der Waals surface area contributed by atoms with Crippen LogP contribution in [0.25, 0.3) is 0 Å². The zero-order valence-electron chi connectivity index (χ0n) is 11.2. The summed E-state index contributed by atoms with van der Waals surface area (Å²) in [6.45, 7) is 2.02. The predicted octanol–water partition coefficient (Wildman–Crippen LogP) is 1.98. The molecular formula is C14H17N3O2S. The van der Waals surface area contributed by atoms with E-state index in [-0.39, 0.29) is 17.8 Å². The van der Waals surface area contributed by atoms with E-state index in [9.17, 15) is 8.42 Å². The van der Waals surface area contributed by atoms with Crippen molar-refractivity contribution in [1.82, 2.24) is 15.3 Å². The standard InChI is InChI=1S/C14H17N3O2S/c1-10(14-15-7-8-16-14)17-12-6-9-20(18,19)13-5-3-2-4-11(12)13/h2-5,7-8,10,12,17H,6,9H2,1H3,(H,15,16). The summed E-state index contributed by atoms with van der Waals surface area (Å²) in [5.74, 6) is 1.04. The molecule has 0 fully saturated rings. The van der Waals surface area contributed by atoms with Crippen LogP contribution in [0.3, 0.4) is 0 Å².